The van der Waals surface area contributed by atoms with Crippen LogP contribution in [0.1, 0.15) is 53.3 Å². The molecule has 1 aromatic heterocycles. The number of carbonyl (C=O) groups is 1. The highest BCUT2D eigenvalue weighted by molar-refractivity contribution is 9.09. The van der Waals surface area contributed by atoms with Crippen molar-refractivity contribution in [2.75, 3.05) is 23.7 Å². The number of hydrogen-bond donors (Lipinski definition) is 3. The van der Waals surface area contributed by atoms with Crippen LogP contribution >= 0.6 is 15.9 Å². The lowest BCUT2D eigenvalue weighted by atomic mass is 9.49. The Morgan fingerprint density at radius 2 is 1.91 bits per heavy atom. The fraction of sp³-hybridized carbons (Fsp3) is 0.400. The predicted molar refractivity (Wildman–Crippen MR) is 168 cm³/mol. The number of rotatable bonds is 6. The van der Waals surface area contributed by atoms with E-state index in [1.807, 2.05) is 18.2 Å². The number of amides is 1. The van der Waals surface area contributed by atoms with Crippen LogP contribution in [0.2, 0.25) is 0 Å². The van der Waals surface area contributed by atoms with Gasteiger partial charge in [0.25, 0.3) is 0 Å². The lowest BCUT2D eigenvalue weighted by Gasteiger charge is -2.63. The minimum Gasteiger partial charge on any atom is -0.504 e. The third-order valence-electron chi connectivity index (χ3n) is 11.1. The Hall–Kier alpha value is -3.33. The molecule has 3 heterocycles. The van der Waals surface area contributed by atoms with Crippen molar-refractivity contribution in [3.63, 3.8) is 0 Å². The van der Waals surface area contributed by atoms with Gasteiger partial charge >= 0.3 is 0 Å². The fourth-order valence-electron chi connectivity index (χ4n) is 9.11. The van der Waals surface area contributed by atoms with Crippen molar-refractivity contribution in [1.29, 1.82) is 0 Å². The first kappa shape index (κ1) is 26.1. The zero-order valence-electron chi connectivity index (χ0n) is 23.9. The number of fused-ring (bicyclic) bond motifs is 4. The lowest BCUT2D eigenvalue weighted by Crippen LogP contribution is -2.74. The number of alkyl halides is 1. The van der Waals surface area contributed by atoms with E-state index in [4.69, 9.17) is 4.74 Å². The molecule has 220 valence electrons. The highest BCUT2D eigenvalue weighted by Crippen LogP contribution is 2.69. The first-order chi connectivity index (χ1) is 20.9. The Morgan fingerprint density at radius 3 is 2.74 bits per heavy atom. The zero-order chi connectivity index (χ0) is 29.1. The first-order valence-corrected chi connectivity index (χ1v) is 16.6. The van der Waals surface area contributed by atoms with Crippen LogP contribution in [0.3, 0.4) is 0 Å². The molecule has 8 heteroatoms. The molecule has 1 amide bonds. The van der Waals surface area contributed by atoms with Gasteiger partial charge in [0.1, 0.15) is 0 Å². The minimum atomic E-state index is -1.03. The predicted octanol–water partition coefficient (Wildman–Crippen LogP) is 5.43. The van der Waals surface area contributed by atoms with E-state index in [-0.39, 0.29) is 23.0 Å². The molecule has 43 heavy (non-hydrogen) atoms. The normalized spacial score (nSPS) is 28.3. The second-order valence-electron chi connectivity index (χ2n) is 13.2. The average Bonchev–Trinajstić information content (AvgIpc) is 3.69. The van der Waals surface area contributed by atoms with Crippen LogP contribution in [-0.2, 0) is 29.6 Å². The number of aromatic hydroxyl groups is 1. The number of nitrogens with zero attached hydrogens (tertiary/aromatic N) is 2. The van der Waals surface area contributed by atoms with Crippen LogP contribution in [0, 0.1) is 5.92 Å². The fourth-order valence-corrected chi connectivity index (χ4v) is 9.25. The number of halogens is 1. The van der Waals surface area contributed by atoms with Crippen molar-refractivity contribution in [2.45, 2.75) is 61.8 Å². The van der Waals surface area contributed by atoms with Crippen molar-refractivity contribution in [1.82, 2.24) is 9.47 Å². The van der Waals surface area contributed by atoms with E-state index in [0.29, 0.717) is 18.7 Å². The molecular weight excluding hydrogens is 606 g/mol. The Kier molecular flexibility index (Phi) is 5.52. The number of hydrogen-bond acceptors (Lipinski definition) is 5. The van der Waals surface area contributed by atoms with Gasteiger partial charge in [-0.15, -0.1) is 0 Å². The van der Waals surface area contributed by atoms with E-state index in [0.717, 1.165) is 70.8 Å². The summed E-state index contributed by atoms with van der Waals surface area (Å²) < 4.78 is 9.26. The molecule has 3 N–H and O–H groups in total. The quantitative estimate of drug-likeness (QED) is 0.245. The number of phenols is 1. The second kappa shape index (κ2) is 9.10. The highest BCUT2D eigenvalue weighted by Gasteiger charge is 2.73. The van der Waals surface area contributed by atoms with E-state index in [9.17, 15) is 15.0 Å². The van der Waals surface area contributed by atoms with E-state index in [1.165, 1.54) is 18.4 Å². The molecule has 4 atom stereocenters. The third-order valence-corrected chi connectivity index (χ3v) is 11.6. The smallest absolute Gasteiger partial charge is 0.235 e. The third kappa shape index (κ3) is 3.46. The van der Waals surface area contributed by atoms with Gasteiger partial charge in [-0.3, -0.25) is 9.69 Å². The average molecular weight is 641 g/mol. The van der Waals surface area contributed by atoms with E-state index >= 15 is 0 Å². The molecule has 1 spiro atoms. The highest BCUT2D eigenvalue weighted by atomic mass is 79.9. The van der Waals surface area contributed by atoms with E-state index in [2.05, 4.69) is 67.1 Å². The maximum absolute atomic E-state index is 13.2. The second-order valence-corrected chi connectivity index (χ2v) is 13.8. The van der Waals surface area contributed by atoms with Crippen LogP contribution in [0.5, 0.6) is 11.5 Å². The van der Waals surface area contributed by atoms with Crippen LogP contribution < -0.4 is 10.1 Å². The Labute approximate surface area is 258 Å². The van der Waals surface area contributed by atoms with Crippen LogP contribution in [0.25, 0.3) is 10.9 Å². The molecule has 3 aromatic carbocycles. The number of para-hydroxylation sites is 2. The summed E-state index contributed by atoms with van der Waals surface area (Å²) in [6.45, 7) is 2.49. The lowest BCUT2D eigenvalue weighted by molar-refractivity contribution is -0.173. The largest absolute Gasteiger partial charge is 0.504 e. The summed E-state index contributed by atoms with van der Waals surface area (Å²) in [5, 5.41) is 28.8. The number of anilines is 1. The summed E-state index contributed by atoms with van der Waals surface area (Å²) in [5.41, 5.74) is 5.61. The van der Waals surface area contributed by atoms with Crippen molar-refractivity contribution in [3.05, 3.63) is 88.6 Å². The number of aliphatic hydroxyl groups is 1. The van der Waals surface area contributed by atoms with Gasteiger partial charge in [0.15, 0.2) is 17.6 Å². The van der Waals surface area contributed by atoms with Gasteiger partial charge < -0.3 is 24.8 Å². The van der Waals surface area contributed by atoms with Crippen molar-refractivity contribution in [3.8, 4) is 11.5 Å². The van der Waals surface area contributed by atoms with Gasteiger partial charge in [0.05, 0.1) is 28.6 Å². The van der Waals surface area contributed by atoms with E-state index < -0.39 is 17.1 Å². The maximum Gasteiger partial charge on any atom is 0.235 e. The molecule has 0 unspecified atom stereocenters. The molecule has 0 radical (unpaired) electrons. The molecule has 1 saturated carbocycles. The van der Waals surface area contributed by atoms with Crippen LogP contribution in [-0.4, -0.2) is 55.6 Å². The monoisotopic (exact) mass is 639 g/mol. The number of likely N-dealkylation sites (tertiary alicyclic amines) is 1. The molecule has 3 aliphatic carbocycles. The van der Waals surface area contributed by atoms with Gasteiger partial charge in [-0.05, 0) is 73.0 Å². The summed E-state index contributed by atoms with van der Waals surface area (Å²) in [7, 11) is 0. The van der Waals surface area contributed by atoms with Gasteiger partial charge in [-0.1, -0.05) is 58.4 Å². The maximum atomic E-state index is 13.2. The number of phenolic OH excluding ortho intramolecular Hbond substituents is 1. The number of carbonyl (C=O) groups excluding carboxylic acids is 1. The van der Waals surface area contributed by atoms with Crippen LogP contribution in [0.4, 0.5) is 5.69 Å². The summed E-state index contributed by atoms with van der Waals surface area (Å²) >= 11 is 3.28. The van der Waals surface area contributed by atoms with Gasteiger partial charge in [-0.2, -0.15) is 0 Å². The Morgan fingerprint density at radius 1 is 1.09 bits per heavy atom. The summed E-state index contributed by atoms with van der Waals surface area (Å²) in [6, 6.07) is 20.2. The number of aromatic nitrogens is 1. The number of ether oxygens (including phenoxy) is 1. The molecule has 7 nitrogen and oxygen atoms in total. The minimum absolute atomic E-state index is 0.00797. The molecule has 2 aliphatic heterocycles. The van der Waals surface area contributed by atoms with Crippen LogP contribution in [0.15, 0.2) is 60.7 Å². The molecule has 4 aromatic rings. The number of nitrogens with one attached hydrogen (secondary N) is 1. The zero-order valence-corrected chi connectivity index (χ0v) is 25.4. The summed E-state index contributed by atoms with van der Waals surface area (Å²) in [5.74, 6) is 1.33. The van der Waals surface area contributed by atoms with Crippen molar-refractivity contribution < 1.29 is 19.7 Å². The van der Waals surface area contributed by atoms with Gasteiger partial charge in [-0.25, -0.2) is 0 Å². The molecule has 2 bridgehead atoms. The molecular formula is C35H34BrN3O4. The Balaban J connectivity index is 1.27. The molecule has 2 fully saturated rings. The number of piperidine rings is 1. The van der Waals surface area contributed by atoms with Gasteiger partial charge in [0, 0.05) is 41.2 Å². The number of benzene rings is 3. The molecule has 1 saturated heterocycles. The Bertz CT molecular complexity index is 1830. The summed E-state index contributed by atoms with van der Waals surface area (Å²) in [4.78, 5) is 14.9. The van der Waals surface area contributed by atoms with E-state index in [1.54, 1.807) is 6.07 Å². The van der Waals surface area contributed by atoms with Crippen molar-refractivity contribution >= 4 is 38.4 Å². The molecule has 9 rings (SSSR count). The molecule has 5 aliphatic rings. The SMILES string of the molecule is O=C(CBr)Nc1ccccc1Cn1c2c(c3ccccc31)C[C@@]1(O)[C@@H]3Cc4ccc(O)c5c4[C@@]1(CCN3CC1CC1)[C@H]2O5. The first-order valence-electron chi connectivity index (χ1n) is 15.4. The standard InChI is InChI=1S/C35H34BrN3O4/c36-17-29(41)37-25-7-3-1-5-22(25)19-39-26-8-4-2-6-23(26)24-16-35(42)28-15-21-11-12-27(40)32-30(21)34(35,33(43-32)31(24)39)13-14-38(28)18-20-9-10-20/h1-8,11-12,20,28,33,40,42H,9-10,13-19H2,(H,37,41)/t28-,33-,34-,35+/m0/s1. The van der Waals surface area contributed by atoms with Gasteiger partial charge in [0.2, 0.25) is 5.91 Å². The topological polar surface area (TPSA) is 87.0 Å². The van der Waals surface area contributed by atoms with Crippen molar-refractivity contribution in [2.24, 2.45) is 5.92 Å². The summed E-state index contributed by atoms with van der Waals surface area (Å²) in [6.07, 6.45) is 4.20.